The van der Waals surface area contributed by atoms with Crippen LogP contribution in [0, 0.1) is 0 Å². The Bertz CT molecular complexity index is 870. The monoisotopic (exact) mass is 419 g/mol. The van der Waals surface area contributed by atoms with Crippen LogP contribution in [-0.2, 0) is 9.53 Å². The smallest absolute Gasteiger partial charge is 0.342 e. The molecule has 2 rings (SSSR count). The number of methoxy groups -OCH3 is 3. The molecular weight excluding hydrogens is 394 g/mol. The zero-order valence-corrected chi connectivity index (χ0v) is 17.9. The molecule has 0 heterocycles. The molecule has 0 aliphatic rings. The van der Waals surface area contributed by atoms with E-state index in [1.807, 2.05) is 6.26 Å². The van der Waals surface area contributed by atoms with Crippen molar-refractivity contribution in [3.63, 3.8) is 0 Å². The van der Waals surface area contributed by atoms with Crippen molar-refractivity contribution < 1.29 is 28.5 Å². The number of rotatable bonds is 9. The van der Waals surface area contributed by atoms with Gasteiger partial charge in [-0.25, -0.2) is 4.79 Å². The fourth-order valence-corrected chi connectivity index (χ4v) is 3.14. The number of benzene rings is 2. The minimum Gasteiger partial charge on any atom is -0.497 e. The molecule has 1 atom stereocenters. The summed E-state index contributed by atoms with van der Waals surface area (Å²) in [5.41, 5.74) is 1.02. The second-order valence-electron chi connectivity index (χ2n) is 6.04. The van der Waals surface area contributed by atoms with Gasteiger partial charge in [0.15, 0.2) is 6.61 Å². The molecule has 0 radical (unpaired) electrons. The molecule has 0 spiro atoms. The summed E-state index contributed by atoms with van der Waals surface area (Å²) in [5, 5.41) is 2.79. The van der Waals surface area contributed by atoms with Crippen LogP contribution < -0.4 is 19.5 Å². The standard InChI is InChI=1S/C21H25NO6S/c1-13(17-10-14(25-2)6-9-18(17)26-3)22-20(23)12-28-21(24)16-8-7-15(29-5)11-19(16)27-4/h6-11,13H,12H2,1-5H3,(H,22,23)/t13-/m0/s1. The third-order valence-corrected chi connectivity index (χ3v) is 4.97. The van der Waals surface area contributed by atoms with Gasteiger partial charge in [-0.2, -0.15) is 0 Å². The van der Waals surface area contributed by atoms with Crippen molar-refractivity contribution >= 4 is 23.6 Å². The first-order valence-electron chi connectivity index (χ1n) is 8.83. The van der Waals surface area contributed by atoms with Gasteiger partial charge in [0.2, 0.25) is 0 Å². The van der Waals surface area contributed by atoms with Crippen molar-refractivity contribution in [3.8, 4) is 17.2 Å². The molecule has 156 valence electrons. The summed E-state index contributed by atoms with van der Waals surface area (Å²) < 4.78 is 21.0. The maximum atomic E-state index is 12.3. The Labute approximate surface area is 174 Å². The van der Waals surface area contributed by atoms with Gasteiger partial charge in [0.05, 0.1) is 27.4 Å². The molecule has 8 heteroatoms. The lowest BCUT2D eigenvalue weighted by Gasteiger charge is -2.18. The molecule has 0 fully saturated rings. The van der Waals surface area contributed by atoms with Crippen LogP contribution in [0.2, 0.25) is 0 Å². The molecule has 29 heavy (non-hydrogen) atoms. The van der Waals surface area contributed by atoms with Crippen LogP contribution in [0.5, 0.6) is 17.2 Å². The van der Waals surface area contributed by atoms with E-state index in [0.29, 0.717) is 17.2 Å². The number of hydrogen-bond donors (Lipinski definition) is 1. The first-order chi connectivity index (χ1) is 13.9. The third kappa shape index (κ3) is 5.80. The lowest BCUT2D eigenvalue weighted by molar-refractivity contribution is -0.124. The number of carbonyl (C=O) groups is 2. The maximum absolute atomic E-state index is 12.3. The molecule has 2 aromatic carbocycles. The van der Waals surface area contributed by atoms with Gasteiger partial charge < -0.3 is 24.3 Å². The summed E-state index contributed by atoms with van der Waals surface area (Å²) in [6.07, 6.45) is 1.93. The molecule has 0 saturated carbocycles. The van der Waals surface area contributed by atoms with Crippen LogP contribution in [0.1, 0.15) is 28.9 Å². The van der Waals surface area contributed by atoms with E-state index < -0.39 is 18.5 Å². The molecule has 1 amide bonds. The summed E-state index contributed by atoms with van der Waals surface area (Å²) >= 11 is 1.53. The first kappa shape index (κ1) is 22.4. The van der Waals surface area contributed by atoms with Gasteiger partial charge in [-0.15, -0.1) is 11.8 Å². The van der Waals surface area contributed by atoms with Gasteiger partial charge >= 0.3 is 5.97 Å². The Hall–Kier alpha value is -2.87. The highest BCUT2D eigenvalue weighted by molar-refractivity contribution is 7.98. The van der Waals surface area contributed by atoms with Gasteiger partial charge in [-0.05, 0) is 49.6 Å². The van der Waals surface area contributed by atoms with Crippen molar-refractivity contribution in [1.29, 1.82) is 0 Å². The second kappa shape index (κ2) is 10.6. The molecule has 0 saturated heterocycles. The molecule has 0 aromatic heterocycles. The number of carbonyl (C=O) groups excluding carboxylic acids is 2. The average molecular weight is 419 g/mol. The van der Waals surface area contributed by atoms with Gasteiger partial charge in [0.25, 0.3) is 5.91 Å². The lowest BCUT2D eigenvalue weighted by atomic mass is 10.1. The van der Waals surface area contributed by atoms with Crippen molar-refractivity contribution in [2.75, 3.05) is 34.2 Å². The topological polar surface area (TPSA) is 83.1 Å². The highest BCUT2D eigenvalue weighted by Gasteiger charge is 2.19. The number of esters is 1. The molecule has 0 bridgehead atoms. The largest absolute Gasteiger partial charge is 0.497 e. The maximum Gasteiger partial charge on any atom is 0.342 e. The summed E-state index contributed by atoms with van der Waals surface area (Å²) in [6.45, 7) is 1.39. The minimum atomic E-state index is -0.628. The Morgan fingerprint density at radius 1 is 1.00 bits per heavy atom. The highest BCUT2D eigenvalue weighted by atomic mass is 32.2. The van der Waals surface area contributed by atoms with E-state index in [4.69, 9.17) is 18.9 Å². The predicted molar refractivity (Wildman–Crippen MR) is 111 cm³/mol. The normalized spacial score (nSPS) is 11.3. The zero-order valence-electron chi connectivity index (χ0n) is 17.1. The van der Waals surface area contributed by atoms with Gasteiger partial charge in [0, 0.05) is 10.5 Å². The molecule has 0 aliphatic carbocycles. The lowest BCUT2D eigenvalue weighted by Crippen LogP contribution is -2.31. The Balaban J connectivity index is 2.00. The summed E-state index contributed by atoms with van der Waals surface area (Å²) in [7, 11) is 4.59. The fourth-order valence-electron chi connectivity index (χ4n) is 2.71. The van der Waals surface area contributed by atoms with Crippen LogP contribution in [0.3, 0.4) is 0 Å². The molecule has 1 N–H and O–H groups in total. The summed E-state index contributed by atoms with van der Waals surface area (Å²) in [5.74, 6) is 0.603. The van der Waals surface area contributed by atoms with E-state index in [1.165, 1.54) is 18.9 Å². The average Bonchev–Trinajstić information content (AvgIpc) is 2.76. The summed E-state index contributed by atoms with van der Waals surface area (Å²) in [4.78, 5) is 25.6. The fraction of sp³-hybridized carbons (Fsp3) is 0.333. The van der Waals surface area contributed by atoms with E-state index >= 15 is 0 Å². The second-order valence-corrected chi connectivity index (χ2v) is 6.92. The van der Waals surface area contributed by atoms with Crippen LogP contribution >= 0.6 is 11.8 Å². The van der Waals surface area contributed by atoms with Gasteiger partial charge in [0.1, 0.15) is 22.8 Å². The van der Waals surface area contributed by atoms with E-state index in [1.54, 1.807) is 57.5 Å². The molecule has 7 nitrogen and oxygen atoms in total. The SMILES string of the molecule is COc1ccc(OC)c([C@H](C)NC(=O)COC(=O)c2ccc(SC)cc2OC)c1. The highest BCUT2D eigenvalue weighted by Crippen LogP contribution is 2.29. The number of nitrogens with one attached hydrogen (secondary N) is 1. The third-order valence-electron chi connectivity index (χ3n) is 4.24. The number of hydrogen-bond acceptors (Lipinski definition) is 7. The minimum absolute atomic E-state index is 0.264. The predicted octanol–water partition coefficient (Wildman–Crippen LogP) is 3.47. The Kier molecular flexibility index (Phi) is 8.21. The first-order valence-corrected chi connectivity index (χ1v) is 10.1. The number of ether oxygens (including phenoxy) is 4. The van der Waals surface area contributed by atoms with Crippen molar-refractivity contribution in [3.05, 3.63) is 47.5 Å². The molecular formula is C21H25NO6S. The van der Waals surface area contributed by atoms with Gasteiger partial charge in [-0.3, -0.25) is 4.79 Å². The van der Waals surface area contributed by atoms with Gasteiger partial charge in [-0.1, -0.05) is 0 Å². The van der Waals surface area contributed by atoms with Crippen molar-refractivity contribution in [2.24, 2.45) is 0 Å². The quantitative estimate of drug-likeness (QED) is 0.492. The molecule has 2 aromatic rings. The molecule has 0 aliphatic heterocycles. The van der Waals surface area contributed by atoms with Crippen molar-refractivity contribution in [1.82, 2.24) is 5.32 Å². The Morgan fingerprint density at radius 2 is 1.72 bits per heavy atom. The van der Waals surface area contributed by atoms with Crippen LogP contribution in [-0.4, -0.2) is 46.1 Å². The van der Waals surface area contributed by atoms with E-state index in [-0.39, 0.29) is 11.6 Å². The van der Waals surface area contributed by atoms with E-state index in [2.05, 4.69) is 5.32 Å². The van der Waals surface area contributed by atoms with E-state index in [0.717, 1.165) is 10.5 Å². The summed E-state index contributed by atoms with van der Waals surface area (Å²) in [6, 6.07) is 10.1. The molecule has 0 unspecified atom stereocenters. The van der Waals surface area contributed by atoms with Crippen LogP contribution in [0.15, 0.2) is 41.3 Å². The Morgan fingerprint density at radius 3 is 2.34 bits per heavy atom. The zero-order chi connectivity index (χ0) is 21.4. The van der Waals surface area contributed by atoms with E-state index in [9.17, 15) is 9.59 Å². The van der Waals surface area contributed by atoms with Crippen molar-refractivity contribution in [2.45, 2.75) is 17.9 Å². The van der Waals surface area contributed by atoms with Crippen LogP contribution in [0.4, 0.5) is 0 Å². The number of amides is 1. The van der Waals surface area contributed by atoms with Crippen LogP contribution in [0.25, 0.3) is 0 Å². The number of thioether (sulfide) groups is 1.